The molecule has 1 atom stereocenters. The van der Waals surface area contributed by atoms with Crippen LogP contribution < -0.4 is 10.5 Å². The fourth-order valence-corrected chi connectivity index (χ4v) is 2.48. The van der Waals surface area contributed by atoms with Crippen molar-refractivity contribution in [2.45, 2.75) is 44.0 Å². The maximum atomic E-state index is 12.1. The zero-order valence-corrected chi connectivity index (χ0v) is 12.3. The van der Waals surface area contributed by atoms with E-state index < -0.39 is 10.0 Å². The molecule has 1 amide bonds. The third-order valence-electron chi connectivity index (χ3n) is 3.01. The molecule has 0 aliphatic carbocycles. The average Bonchev–Trinajstić information content (AvgIpc) is 2.70. The predicted molar refractivity (Wildman–Crippen MR) is 73.2 cm³/mol. The molecule has 108 valence electrons. The first kappa shape index (κ1) is 15.7. The summed E-state index contributed by atoms with van der Waals surface area (Å²) in [5, 5.41) is 7.94. The molecule has 3 N–H and O–H groups in total. The van der Waals surface area contributed by atoms with Gasteiger partial charge < -0.3 is 9.88 Å². The first-order chi connectivity index (χ1) is 8.79. The van der Waals surface area contributed by atoms with Crippen LogP contribution in [0.15, 0.2) is 17.2 Å². The van der Waals surface area contributed by atoms with Crippen LogP contribution in [-0.2, 0) is 17.1 Å². The lowest BCUT2D eigenvalue weighted by atomic mass is 10.1. The summed E-state index contributed by atoms with van der Waals surface area (Å²) in [4.78, 5) is 12.0. The Morgan fingerprint density at radius 1 is 1.47 bits per heavy atom. The number of sulfonamides is 1. The van der Waals surface area contributed by atoms with Crippen molar-refractivity contribution in [3.63, 3.8) is 0 Å². The first-order valence-electron chi connectivity index (χ1n) is 6.29. The predicted octanol–water partition coefficient (Wildman–Crippen LogP) is 0.981. The topological polar surface area (TPSA) is 94.2 Å². The maximum absolute atomic E-state index is 12.1. The lowest BCUT2D eigenvalue weighted by molar-refractivity contribution is 0.0925. The summed E-state index contributed by atoms with van der Waals surface area (Å²) in [5.74, 6) is -0.280. The fraction of sp³-hybridized carbons (Fsp3) is 0.583. The number of carbonyl (C=O) groups excluding carboxylic acids is 1. The largest absolute Gasteiger partial charge is 0.348 e. The van der Waals surface area contributed by atoms with Gasteiger partial charge in [0.2, 0.25) is 10.0 Å². The third kappa shape index (κ3) is 4.07. The average molecular weight is 287 g/mol. The minimum absolute atomic E-state index is 0.0521. The van der Waals surface area contributed by atoms with Gasteiger partial charge in [0, 0.05) is 19.3 Å². The quantitative estimate of drug-likeness (QED) is 0.816. The smallest absolute Gasteiger partial charge is 0.268 e. The second-order valence-electron chi connectivity index (χ2n) is 4.58. The van der Waals surface area contributed by atoms with Gasteiger partial charge in [0.1, 0.15) is 10.6 Å². The van der Waals surface area contributed by atoms with Gasteiger partial charge in [0.05, 0.1) is 0 Å². The van der Waals surface area contributed by atoms with E-state index in [-0.39, 0.29) is 16.8 Å². The highest BCUT2D eigenvalue weighted by Crippen LogP contribution is 2.12. The molecule has 0 fully saturated rings. The molecule has 0 bridgehead atoms. The number of nitrogens with zero attached hydrogens (tertiary/aromatic N) is 1. The summed E-state index contributed by atoms with van der Waals surface area (Å²) in [7, 11) is -2.17. The van der Waals surface area contributed by atoms with Crippen LogP contribution >= 0.6 is 0 Å². The Labute approximate surface area is 114 Å². The summed E-state index contributed by atoms with van der Waals surface area (Å²) < 4.78 is 23.9. The van der Waals surface area contributed by atoms with Crippen LogP contribution in [0, 0.1) is 0 Å². The Balaban J connectivity index is 2.91. The molecule has 1 rings (SSSR count). The number of nitrogens with one attached hydrogen (secondary N) is 1. The summed E-state index contributed by atoms with van der Waals surface area (Å²) in [5.41, 5.74) is 0.290. The highest BCUT2D eigenvalue weighted by molar-refractivity contribution is 7.89. The van der Waals surface area contributed by atoms with E-state index in [1.54, 1.807) is 7.05 Å². The molecule has 0 saturated heterocycles. The van der Waals surface area contributed by atoms with Crippen LogP contribution in [0.1, 0.15) is 43.6 Å². The number of hydrogen-bond donors (Lipinski definition) is 2. The first-order valence-corrected chi connectivity index (χ1v) is 7.84. The molecule has 1 heterocycles. The molecule has 19 heavy (non-hydrogen) atoms. The molecule has 0 aromatic carbocycles. The van der Waals surface area contributed by atoms with Crippen molar-refractivity contribution in [1.29, 1.82) is 0 Å². The number of amides is 1. The Kier molecular flexibility index (Phi) is 5.13. The van der Waals surface area contributed by atoms with Crippen LogP contribution in [0.25, 0.3) is 0 Å². The summed E-state index contributed by atoms with van der Waals surface area (Å²) >= 11 is 0. The SMILES string of the molecule is CCCC(CC)NC(=O)c1cc(S(N)(=O)=O)cn1C. The van der Waals surface area contributed by atoms with Gasteiger partial charge in [-0.1, -0.05) is 20.3 Å². The molecule has 0 aliphatic rings. The van der Waals surface area contributed by atoms with Gasteiger partial charge >= 0.3 is 0 Å². The van der Waals surface area contributed by atoms with Crippen LogP contribution in [0.4, 0.5) is 0 Å². The van der Waals surface area contributed by atoms with E-state index >= 15 is 0 Å². The van der Waals surface area contributed by atoms with E-state index in [0.29, 0.717) is 5.69 Å². The Morgan fingerprint density at radius 2 is 2.11 bits per heavy atom. The van der Waals surface area contributed by atoms with Crippen LogP contribution in [0.2, 0.25) is 0 Å². The summed E-state index contributed by atoms with van der Waals surface area (Å²) in [6.07, 6.45) is 4.06. The van der Waals surface area contributed by atoms with Crippen molar-refractivity contribution in [1.82, 2.24) is 9.88 Å². The minimum atomic E-state index is -3.78. The van der Waals surface area contributed by atoms with E-state index in [1.165, 1.54) is 16.8 Å². The van der Waals surface area contributed by atoms with Crippen molar-refractivity contribution in [3.05, 3.63) is 18.0 Å². The van der Waals surface area contributed by atoms with Gasteiger partial charge in [-0.05, 0) is 18.9 Å². The molecule has 1 unspecified atom stereocenters. The number of aryl methyl sites for hydroxylation is 1. The zero-order chi connectivity index (χ0) is 14.6. The van der Waals surface area contributed by atoms with E-state index in [1.807, 2.05) is 6.92 Å². The van der Waals surface area contributed by atoms with Gasteiger partial charge in [-0.15, -0.1) is 0 Å². The number of carbonyl (C=O) groups is 1. The molecule has 0 aliphatic heterocycles. The second-order valence-corrected chi connectivity index (χ2v) is 6.15. The summed E-state index contributed by atoms with van der Waals surface area (Å²) in [6.45, 7) is 4.05. The molecule has 1 aromatic heterocycles. The Morgan fingerprint density at radius 3 is 2.53 bits per heavy atom. The standard InChI is InChI=1S/C12H21N3O3S/c1-4-6-9(5-2)14-12(16)11-7-10(8-15(11)3)19(13,17)18/h7-9H,4-6H2,1-3H3,(H,14,16)(H2,13,17,18). The fourth-order valence-electron chi connectivity index (χ4n) is 1.90. The number of rotatable bonds is 6. The van der Waals surface area contributed by atoms with Crippen molar-refractivity contribution >= 4 is 15.9 Å². The van der Waals surface area contributed by atoms with Crippen LogP contribution in [-0.4, -0.2) is 24.9 Å². The van der Waals surface area contributed by atoms with E-state index in [9.17, 15) is 13.2 Å². The highest BCUT2D eigenvalue weighted by atomic mass is 32.2. The Bertz CT molecular complexity index is 549. The Hall–Kier alpha value is -1.34. The molecule has 0 radical (unpaired) electrons. The van der Waals surface area contributed by atoms with Crippen molar-refractivity contribution < 1.29 is 13.2 Å². The van der Waals surface area contributed by atoms with Crippen molar-refractivity contribution in [2.75, 3.05) is 0 Å². The summed E-state index contributed by atoms with van der Waals surface area (Å²) in [6, 6.07) is 1.40. The minimum Gasteiger partial charge on any atom is -0.348 e. The van der Waals surface area contributed by atoms with Gasteiger partial charge in [0.25, 0.3) is 5.91 Å². The van der Waals surface area contributed by atoms with E-state index in [4.69, 9.17) is 5.14 Å². The number of aromatic nitrogens is 1. The number of hydrogen-bond acceptors (Lipinski definition) is 3. The van der Waals surface area contributed by atoms with E-state index in [2.05, 4.69) is 12.2 Å². The lowest BCUT2D eigenvalue weighted by Crippen LogP contribution is -2.35. The normalized spacial score (nSPS) is 13.3. The van der Waals surface area contributed by atoms with E-state index in [0.717, 1.165) is 19.3 Å². The molecule has 1 aromatic rings. The molecule has 0 spiro atoms. The van der Waals surface area contributed by atoms with Gasteiger partial charge in [-0.2, -0.15) is 0 Å². The van der Waals surface area contributed by atoms with Crippen LogP contribution in [0.5, 0.6) is 0 Å². The molecule has 0 saturated carbocycles. The molecular weight excluding hydrogens is 266 g/mol. The van der Waals surface area contributed by atoms with Gasteiger partial charge in [-0.25, -0.2) is 13.6 Å². The van der Waals surface area contributed by atoms with Gasteiger partial charge in [0.15, 0.2) is 0 Å². The van der Waals surface area contributed by atoms with Crippen LogP contribution in [0.3, 0.4) is 0 Å². The van der Waals surface area contributed by atoms with Gasteiger partial charge in [-0.3, -0.25) is 4.79 Å². The van der Waals surface area contributed by atoms with Crippen molar-refractivity contribution in [2.24, 2.45) is 12.2 Å². The van der Waals surface area contributed by atoms with Crippen molar-refractivity contribution in [3.8, 4) is 0 Å². The highest BCUT2D eigenvalue weighted by Gasteiger charge is 2.19. The molecular formula is C12H21N3O3S. The lowest BCUT2D eigenvalue weighted by Gasteiger charge is -2.16. The molecule has 7 heteroatoms. The number of nitrogens with two attached hydrogens (primary N) is 1. The third-order valence-corrected chi connectivity index (χ3v) is 3.89. The zero-order valence-electron chi connectivity index (χ0n) is 11.5. The molecule has 6 nitrogen and oxygen atoms in total. The second kappa shape index (κ2) is 6.21. The maximum Gasteiger partial charge on any atom is 0.268 e. The monoisotopic (exact) mass is 287 g/mol. The number of primary sulfonamides is 1.